The Morgan fingerprint density at radius 2 is 1.03 bits per heavy atom. The fourth-order valence-electron chi connectivity index (χ4n) is 8.18. The number of fused-ring (bicyclic) bond motifs is 4. The van der Waals surface area contributed by atoms with Crippen LogP contribution in [0, 0.1) is 0 Å². The minimum Gasteiger partial charge on any atom is -0.477 e. The largest absolute Gasteiger partial charge is 0.477 e. The Kier molecular flexibility index (Phi) is 8.74. The number of nitrogens with zero attached hydrogens (tertiary/aromatic N) is 7. The average Bonchev–Trinajstić information content (AvgIpc) is 3.34. The van der Waals surface area contributed by atoms with Gasteiger partial charge in [-0.25, -0.2) is 15.0 Å². The Morgan fingerprint density at radius 3 is 1.77 bits per heavy atom. The fraction of sp³-hybridized carbons (Fsp3) is 0.0377. The molecular weight excluding hydrogens is 751 g/mol. The van der Waals surface area contributed by atoms with E-state index in [1.807, 2.05) is 60.7 Å². The van der Waals surface area contributed by atoms with Crippen molar-refractivity contribution in [3.8, 4) is 84.7 Å². The van der Waals surface area contributed by atoms with Gasteiger partial charge in [-0.1, -0.05) is 133 Å². The number of aromatic nitrogens is 7. The van der Waals surface area contributed by atoms with E-state index in [2.05, 4.69) is 131 Å². The van der Waals surface area contributed by atoms with Gasteiger partial charge in [0.2, 0.25) is 0 Å². The first-order chi connectivity index (χ1) is 30.1. The van der Waals surface area contributed by atoms with Crippen LogP contribution >= 0.6 is 0 Å². The van der Waals surface area contributed by atoms with Crippen molar-refractivity contribution >= 4 is 11.0 Å². The zero-order valence-corrected chi connectivity index (χ0v) is 33.0. The lowest BCUT2D eigenvalue weighted by Crippen LogP contribution is -2.34. The maximum atomic E-state index is 6.94. The van der Waals surface area contributed by atoms with Gasteiger partial charge in [-0.05, 0) is 71.1 Å². The summed E-state index contributed by atoms with van der Waals surface area (Å²) in [7, 11) is 0. The summed E-state index contributed by atoms with van der Waals surface area (Å²) in [6.45, 7) is 2.16. The highest BCUT2D eigenvalue weighted by atomic mass is 16.5. The van der Waals surface area contributed by atoms with E-state index >= 15 is 0 Å². The zero-order valence-electron chi connectivity index (χ0n) is 33.0. The zero-order chi connectivity index (χ0) is 40.8. The molecule has 1 aliphatic heterocycles. The summed E-state index contributed by atoms with van der Waals surface area (Å²) in [6, 6.07) is 57.7. The van der Waals surface area contributed by atoms with Gasteiger partial charge in [0.05, 0.1) is 22.4 Å². The number of pyridine rings is 2. The topological polar surface area (TPSA) is 99.5 Å². The van der Waals surface area contributed by atoms with Crippen LogP contribution in [0.15, 0.2) is 195 Å². The van der Waals surface area contributed by atoms with Crippen LogP contribution in [0.4, 0.5) is 0 Å². The molecular formula is C53H35N7O. The van der Waals surface area contributed by atoms with Crippen LogP contribution in [0.2, 0.25) is 0 Å². The molecule has 8 heteroatoms. The first kappa shape index (κ1) is 35.9. The summed E-state index contributed by atoms with van der Waals surface area (Å²) in [5.74, 6) is 2.47. The van der Waals surface area contributed by atoms with Crippen LogP contribution in [0.1, 0.15) is 18.1 Å². The highest BCUT2D eigenvalue weighted by Gasteiger charge is 2.38. The van der Waals surface area contributed by atoms with Gasteiger partial charge in [0.1, 0.15) is 5.75 Å². The number of ether oxygens (including phenoxy) is 1. The Balaban J connectivity index is 0.956. The molecule has 4 aromatic heterocycles. The molecule has 8 nitrogen and oxygen atoms in total. The van der Waals surface area contributed by atoms with Crippen molar-refractivity contribution < 1.29 is 4.74 Å². The SMILES string of the molecule is CC1(c2ccccc2)Oc2cc(-c3ccc(-c4nc(-c5ccc(-c6cccc7nccnc67)cc5)nc(-c5ccc(-c6ccccn6)nc5)n4)cc3)ccc2-c2ccccc21. The molecule has 10 aromatic rings. The number of para-hydroxylation sites is 1. The minimum atomic E-state index is -0.638. The van der Waals surface area contributed by atoms with Gasteiger partial charge < -0.3 is 4.74 Å². The summed E-state index contributed by atoms with van der Waals surface area (Å²) in [6.07, 6.45) is 6.99. The van der Waals surface area contributed by atoms with Crippen LogP contribution in [0.5, 0.6) is 5.75 Å². The lowest BCUT2D eigenvalue weighted by Gasteiger charge is -2.38. The van der Waals surface area contributed by atoms with Gasteiger partial charge in [-0.3, -0.25) is 19.9 Å². The Bertz CT molecular complexity index is 3210. The Hall–Kier alpha value is -8.23. The van der Waals surface area contributed by atoms with Crippen molar-refractivity contribution in [2.75, 3.05) is 0 Å². The third-order valence-electron chi connectivity index (χ3n) is 11.4. The van der Waals surface area contributed by atoms with E-state index in [0.717, 1.165) is 83.8 Å². The van der Waals surface area contributed by atoms with Gasteiger partial charge in [0.15, 0.2) is 23.1 Å². The van der Waals surface area contributed by atoms with E-state index in [0.29, 0.717) is 17.5 Å². The summed E-state index contributed by atoms with van der Waals surface area (Å²) in [5.41, 5.74) is 13.8. The van der Waals surface area contributed by atoms with Crippen molar-refractivity contribution in [2.24, 2.45) is 0 Å². The van der Waals surface area contributed by atoms with Crippen molar-refractivity contribution in [1.29, 1.82) is 0 Å². The molecule has 0 saturated heterocycles. The molecule has 288 valence electrons. The molecule has 6 aromatic carbocycles. The van der Waals surface area contributed by atoms with Crippen LogP contribution in [0.3, 0.4) is 0 Å². The van der Waals surface area contributed by atoms with E-state index < -0.39 is 5.60 Å². The van der Waals surface area contributed by atoms with Crippen molar-refractivity contribution in [1.82, 2.24) is 34.9 Å². The van der Waals surface area contributed by atoms with E-state index in [1.165, 1.54) is 5.56 Å². The second-order valence-corrected chi connectivity index (χ2v) is 15.1. The maximum Gasteiger partial charge on any atom is 0.165 e. The molecule has 0 fully saturated rings. The first-order valence-electron chi connectivity index (χ1n) is 20.1. The van der Waals surface area contributed by atoms with E-state index in [9.17, 15) is 0 Å². The predicted molar refractivity (Wildman–Crippen MR) is 240 cm³/mol. The van der Waals surface area contributed by atoms with E-state index in [-0.39, 0.29) is 0 Å². The average molecular weight is 786 g/mol. The Morgan fingerprint density at radius 1 is 0.410 bits per heavy atom. The van der Waals surface area contributed by atoms with Crippen LogP contribution in [-0.4, -0.2) is 34.9 Å². The van der Waals surface area contributed by atoms with E-state index in [1.54, 1.807) is 24.8 Å². The molecule has 11 rings (SSSR count). The van der Waals surface area contributed by atoms with Gasteiger partial charge in [-0.15, -0.1) is 0 Å². The molecule has 1 atom stereocenters. The third-order valence-corrected chi connectivity index (χ3v) is 11.4. The fourth-order valence-corrected chi connectivity index (χ4v) is 8.18. The summed E-state index contributed by atoms with van der Waals surface area (Å²) in [4.78, 5) is 33.4. The lowest BCUT2D eigenvalue weighted by atomic mass is 9.80. The smallest absolute Gasteiger partial charge is 0.165 e. The summed E-state index contributed by atoms with van der Waals surface area (Å²) in [5, 5.41) is 0. The molecule has 0 radical (unpaired) electrons. The van der Waals surface area contributed by atoms with Crippen LogP contribution in [-0.2, 0) is 5.60 Å². The first-order valence-corrected chi connectivity index (χ1v) is 20.1. The normalized spacial score (nSPS) is 14.2. The molecule has 5 heterocycles. The monoisotopic (exact) mass is 785 g/mol. The number of hydrogen-bond donors (Lipinski definition) is 0. The van der Waals surface area contributed by atoms with Crippen molar-refractivity contribution in [2.45, 2.75) is 12.5 Å². The highest BCUT2D eigenvalue weighted by Crippen LogP contribution is 2.49. The van der Waals surface area contributed by atoms with E-state index in [4.69, 9.17) is 24.7 Å². The standard InChI is InChI=1S/C53H35N7O/c1-53(40-10-3-2-4-11-40)44-14-6-5-12-42(44)43-27-25-38(32-48(43)61-53)34-17-21-36(22-18-34)50-58-51(60-52(59-50)39-26-28-46(57-33-39)45-15-7-8-29-54-45)37-23-19-35(20-24-37)41-13-9-16-47-49(41)56-31-30-55-47/h2-33H,1H3. The summed E-state index contributed by atoms with van der Waals surface area (Å²) < 4.78 is 6.94. The molecule has 0 amide bonds. The van der Waals surface area contributed by atoms with Gasteiger partial charge in [-0.2, -0.15) is 0 Å². The molecule has 1 aliphatic rings. The molecule has 0 saturated carbocycles. The quantitative estimate of drug-likeness (QED) is 0.157. The van der Waals surface area contributed by atoms with Crippen molar-refractivity contribution in [3.05, 3.63) is 206 Å². The lowest BCUT2D eigenvalue weighted by molar-refractivity contribution is 0.129. The highest BCUT2D eigenvalue weighted by molar-refractivity contribution is 5.91. The number of hydrogen-bond acceptors (Lipinski definition) is 8. The molecule has 0 N–H and O–H groups in total. The molecule has 0 spiro atoms. The molecule has 61 heavy (non-hydrogen) atoms. The Labute approximate surface area is 352 Å². The van der Waals surface area contributed by atoms with Gasteiger partial charge in [0.25, 0.3) is 0 Å². The second-order valence-electron chi connectivity index (χ2n) is 15.1. The number of rotatable bonds is 7. The third kappa shape index (κ3) is 6.56. The van der Waals surface area contributed by atoms with Gasteiger partial charge >= 0.3 is 0 Å². The number of benzene rings is 6. The van der Waals surface area contributed by atoms with Crippen LogP contribution in [0.25, 0.3) is 90.0 Å². The van der Waals surface area contributed by atoms with Gasteiger partial charge in [0, 0.05) is 58.2 Å². The van der Waals surface area contributed by atoms with Crippen molar-refractivity contribution in [3.63, 3.8) is 0 Å². The molecule has 0 bridgehead atoms. The summed E-state index contributed by atoms with van der Waals surface area (Å²) >= 11 is 0. The predicted octanol–water partition coefficient (Wildman–Crippen LogP) is 11.9. The van der Waals surface area contributed by atoms with Crippen LogP contribution < -0.4 is 4.74 Å². The minimum absolute atomic E-state index is 0.520. The second kappa shape index (κ2) is 14.9. The molecule has 1 unspecified atom stereocenters. The maximum absolute atomic E-state index is 6.94. The molecule has 0 aliphatic carbocycles.